The molecule has 0 aliphatic carbocycles. The number of ether oxygens (including phenoxy) is 1. The Morgan fingerprint density at radius 1 is 1.29 bits per heavy atom. The van der Waals surface area contributed by atoms with Gasteiger partial charge in [0.2, 0.25) is 0 Å². The summed E-state index contributed by atoms with van der Waals surface area (Å²) in [6, 6.07) is 11.3. The molecule has 110 valence electrons. The maximum atomic E-state index is 11.9. The summed E-state index contributed by atoms with van der Waals surface area (Å²) in [5.74, 6) is 0.889. The Labute approximate surface area is 124 Å². The van der Waals surface area contributed by atoms with Crippen molar-refractivity contribution in [3.8, 4) is 5.75 Å². The first-order valence-electron chi connectivity index (χ1n) is 6.88. The molecule has 0 spiro atoms. The van der Waals surface area contributed by atoms with E-state index in [2.05, 4.69) is 17.2 Å². The highest BCUT2D eigenvalue weighted by Gasteiger charge is 2.07. The molecular weight excluding hydrogens is 266 g/mol. The van der Waals surface area contributed by atoms with Crippen molar-refractivity contribution in [3.05, 3.63) is 53.7 Å². The molecule has 0 aliphatic heterocycles. The summed E-state index contributed by atoms with van der Waals surface area (Å²) in [6.45, 7) is 2.35. The fourth-order valence-corrected chi connectivity index (χ4v) is 1.85. The molecule has 2 aromatic rings. The summed E-state index contributed by atoms with van der Waals surface area (Å²) in [4.78, 5) is 16.0. The summed E-state index contributed by atoms with van der Waals surface area (Å²) in [7, 11) is 0. The van der Waals surface area contributed by atoms with E-state index in [4.69, 9.17) is 10.5 Å². The van der Waals surface area contributed by atoms with E-state index in [0.29, 0.717) is 18.1 Å². The third-order valence-corrected chi connectivity index (χ3v) is 3.07. The molecule has 3 N–H and O–H groups in total. The molecular formula is C16H19N3O2. The van der Waals surface area contributed by atoms with Gasteiger partial charge in [0.15, 0.2) is 6.61 Å². The monoisotopic (exact) mass is 285 g/mol. The number of benzene rings is 1. The second-order valence-corrected chi connectivity index (χ2v) is 4.55. The molecule has 21 heavy (non-hydrogen) atoms. The number of hydrogen-bond donors (Lipinski definition) is 2. The van der Waals surface area contributed by atoms with Gasteiger partial charge in [0.1, 0.15) is 11.6 Å². The third-order valence-electron chi connectivity index (χ3n) is 3.07. The molecule has 1 heterocycles. The van der Waals surface area contributed by atoms with Gasteiger partial charge in [0, 0.05) is 18.3 Å². The molecule has 0 saturated carbocycles. The molecule has 1 aromatic heterocycles. The number of aryl methyl sites for hydroxylation is 1. The maximum absolute atomic E-state index is 11.9. The summed E-state index contributed by atoms with van der Waals surface area (Å²) >= 11 is 0. The van der Waals surface area contributed by atoms with E-state index in [1.807, 2.05) is 30.3 Å². The average Bonchev–Trinajstić information content (AvgIpc) is 2.54. The fraction of sp³-hybridized carbons (Fsp3) is 0.250. The van der Waals surface area contributed by atoms with Crippen LogP contribution in [0.2, 0.25) is 0 Å². The Morgan fingerprint density at radius 3 is 2.71 bits per heavy atom. The quantitative estimate of drug-likeness (QED) is 0.852. The lowest BCUT2D eigenvalue weighted by Gasteiger charge is -2.09. The predicted molar refractivity (Wildman–Crippen MR) is 82.1 cm³/mol. The van der Waals surface area contributed by atoms with Crippen LogP contribution in [0.3, 0.4) is 0 Å². The van der Waals surface area contributed by atoms with Crippen LogP contribution in [0.15, 0.2) is 42.6 Å². The van der Waals surface area contributed by atoms with Gasteiger partial charge in [-0.2, -0.15) is 0 Å². The lowest BCUT2D eigenvalue weighted by atomic mass is 10.2. The van der Waals surface area contributed by atoms with E-state index in [1.165, 1.54) is 5.56 Å². The van der Waals surface area contributed by atoms with Crippen LogP contribution < -0.4 is 15.8 Å². The third kappa shape index (κ3) is 4.29. The Kier molecular flexibility index (Phi) is 5.29. The minimum absolute atomic E-state index is 0.0634. The second-order valence-electron chi connectivity index (χ2n) is 4.55. The van der Waals surface area contributed by atoms with Crippen molar-refractivity contribution >= 4 is 11.7 Å². The number of aromatic nitrogens is 1. The smallest absolute Gasteiger partial charge is 0.263 e. The van der Waals surface area contributed by atoms with Gasteiger partial charge in [-0.1, -0.05) is 25.1 Å². The highest BCUT2D eigenvalue weighted by Crippen LogP contribution is 2.13. The lowest BCUT2D eigenvalue weighted by Crippen LogP contribution is -2.22. The minimum atomic E-state index is -0.261. The zero-order valence-electron chi connectivity index (χ0n) is 12.0. The van der Waals surface area contributed by atoms with Gasteiger partial charge >= 0.3 is 0 Å². The number of carbonyl (C=O) groups is 1. The molecule has 0 atom stereocenters. The van der Waals surface area contributed by atoms with Crippen molar-refractivity contribution in [1.82, 2.24) is 4.98 Å². The Hall–Kier alpha value is -2.40. The zero-order chi connectivity index (χ0) is 15.1. The summed E-state index contributed by atoms with van der Waals surface area (Å²) in [5, 5.41) is 2.70. The van der Waals surface area contributed by atoms with Crippen LogP contribution in [0.5, 0.6) is 5.75 Å². The topological polar surface area (TPSA) is 77.2 Å². The average molecular weight is 285 g/mol. The standard InChI is InChI=1S/C16H19N3O2/c1-2-12-5-7-14(8-6-12)21-11-15(20)19-16-13(10-17)4-3-9-18-16/h3-9H,2,10-11,17H2,1H3,(H,18,19,20). The SMILES string of the molecule is CCc1ccc(OCC(=O)Nc2ncccc2CN)cc1. The van der Waals surface area contributed by atoms with Gasteiger partial charge in [-0.25, -0.2) is 4.98 Å². The first kappa shape index (κ1) is 15.0. The number of anilines is 1. The summed E-state index contributed by atoms with van der Waals surface area (Å²) in [5.41, 5.74) is 7.62. The minimum Gasteiger partial charge on any atom is -0.484 e. The van der Waals surface area contributed by atoms with Crippen molar-refractivity contribution in [2.24, 2.45) is 5.73 Å². The van der Waals surface area contributed by atoms with E-state index >= 15 is 0 Å². The largest absolute Gasteiger partial charge is 0.484 e. The number of pyridine rings is 1. The van der Waals surface area contributed by atoms with Gasteiger partial charge in [-0.3, -0.25) is 4.79 Å². The molecule has 1 aromatic carbocycles. The van der Waals surface area contributed by atoms with Gasteiger partial charge in [0.25, 0.3) is 5.91 Å². The highest BCUT2D eigenvalue weighted by atomic mass is 16.5. The maximum Gasteiger partial charge on any atom is 0.263 e. The number of nitrogens with zero attached hydrogens (tertiary/aromatic N) is 1. The van der Waals surface area contributed by atoms with E-state index in [1.54, 1.807) is 12.3 Å². The molecule has 1 amide bonds. The number of hydrogen-bond acceptors (Lipinski definition) is 4. The van der Waals surface area contributed by atoms with Gasteiger partial charge in [-0.05, 0) is 30.2 Å². The Balaban J connectivity index is 1.89. The van der Waals surface area contributed by atoms with Crippen LogP contribution in [0.25, 0.3) is 0 Å². The van der Waals surface area contributed by atoms with Crippen molar-refractivity contribution in [2.45, 2.75) is 19.9 Å². The zero-order valence-corrected chi connectivity index (χ0v) is 12.0. The van der Waals surface area contributed by atoms with Gasteiger partial charge < -0.3 is 15.8 Å². The van der Waals surface area contributed by atoms with Crippen molar-refractivity contribution in [2.75, 3.05) is 11.9 Å². The molecule has 5 nitrogen and oxygen atoms in total. The Morgan fingerprint density at radius 2 is 2.05 bits per heavy atom. The second kappa shape index (κ2) is 7.40. The molecule has 0 saturated heterocycles. The van der Waals surface area contributed by atoms with Crippen LogP contribution >= 0.6 is 0 Å². The summed E-state index contributed by atoms with van der Waals surface area (Å²) in [6.07, 6.45) is 2.58. The number of carbonyl (C=O) groups excluding carboxylic acids is 1. The molecule has 2 rings (SSSR count). The van der Waals surface area contributed by atoms with Crippen molar-refractivity contribution in [3.63, 3.8) is 0 Å². The molecule has 0 aliphatic rings. The number of amides is 1. The van der Waals surface area contributed by atoms with E-state index < -0.39 is 0 Å². The van der Waals surface area contributed by atoms with E-state index in [-0.39, 0.29) is 12.5 Å². The first-order chi connectivity index (χ1) is 10.2. The number of nitrogens with one attached hydrogen (secondary N) is 1. The Bertz CT molecular complexity index is 597. The first-order valence-corrected chi connectivity index (χ1v) is 6.88. The molecule has 0 radical (unpaired) electrons. The molecule has 0 bridgehead atoms. The number of rotatable bonds is 6. The molecule has 0 unspecified atom stereocenters. The van der Waals surface area contributed by atoms with Crippen molar-refractivity contribution in [1.29, 1.82) is 0 Å². The van der Waals surface area contributed by atoms with Crippen LogP contribution in [0.1, 0.15) is 18.1 Å². The lowest BCUT2D eigenvalue weighted by molar-refractivity contribution is -0.118. The van der Waals surface area contributed by atoms with Crippen LogP contribution in [-0.4, -0.2) is 17.5 Å². The van der Waals surface area contributed by atoms with Crippen LogP contribution in [-0.2, 0) is 17.8 Å². The van der Waals surface area contributed by atoms with Gasteiger partial charge in [-0.15, -0.1) is 0 Å². The fourth-order valence-electron chi connectivity index (χ4n) is 1.85. The van der Waals surface area contributed by atoms with Crippen LogP contribution in [0.4, 0.5) is 5.82 Å². The van der Waals surface area contributed by atoms with E-state index in [0.717, 1.165) is 12.0 Å². The normalized spacial score (nSPS) is 10.2. The molecule has 0 fully saturated rings. The number of nitrogens with two attached hydrogens (primary N) is 1. The van der Waals surface area contributed by atoms with Crippen molar-refractivity contribution < 1.29 is 9.53 Å². The van der Waals surface area contributed by atoms with Gasteiger partial charge in [0.05, 0.1) is 0 Å². The predicted octanol–water partition coefficient (Wildman–Crippen LogP) is 2.12. The summed E-state index contributed by atoms with van der Waals surface area (Å²) < 4.78 is 5.44. The van der Waals surface area contributed by atoms with Crippen LogP contribution in [0, 0.1) is 0 Å². The van der Waals surface area contributed by atoms with E-state index in [9.17, 15) is 4.79 Å². The molecule has 5 heteroatoms. The highest BCUT2D eigenvalue weighted by molar-refractivity contribution is 5.91.